The Morgan fingerprint density at radius 2 is 1.90 bits per heavy atom. The Labute approximate surface area is 120 Å². The standard InChI is InChI=1S/C16H24N2O2/c1-16(2,3)15(19)20-18-10-13(9-14(17)11-18)12-7-5-4-6-8-12/h4-8,13-14H,9-11,17H2,1-3H3. The van der Waals surface area contributed by atoms with Crippen LogP contribution in [0.3, 0.4) is 0 Å². The summed E-state index contributed by atoms with van der Waals surface area (Å²) in [5.41, 5.74) is 6.86. The van der Waals surface area contributed by atoms with Gasteiger partial charge in [-0.15, -0.1) is 5.06 Å². The lowest BCUT2D eigenvalue weighted by Crippen LogP contribution is -2.48. The van der Waals surface area contributed by atoms with Crippen molar-refractivity contribution < 1.29 is 9.63 Å². The fraction of sp³-hybridized carbons (Fsp3) is 0.562. The van der Waals surface area contributed by atoms with Gasteiger partial charge in [0, 0.05) is 18.5 Å². The molecule has 1 aliphatic rings. The van der Waals surface area contributed by atoms with Crippen LogP contribution in [-0.4, -0.2) is 30.2 Å². The molecule has 4 heteroatoms. The summed E-state index contributed by atoms with van der Waals surface area (Å²) < 4.78 is 0. The number of hydroxylamine groups is 2. The number of hydrogen-bond acceptors (Lipinski definition) is 4. The molecule has 1 aromatic carbocycles. The maximum atomic E-state index is 12.0. The molecule has 2 N–H and O–H groups in total. The average molecular weight is 276 g/mol. The van der Waals surface area contributed by atoms with Crippen molar-refractivity contribution in [3.8, 4) is 0 Å². The smallest absolute Gasteiger partial charge is 0.330 e. The molecule has 4 nitrogen and oxygen atoms in total. The van der Waals surface area contributed by atoms with Crippen molar-refractivity contribution in [2.75, 3.05) is 13.1 Å². The van der Waals surface area contributed by atoms with E-state index in [4.69, 9.17) is 10.6 Å². The van der Waals surface area contributed by atoms with E-state index in [1.807, 2.05) is 39.0 Å². The number of benzene rings is 1. The first-order valence-electron chi connectivity index (χ1n) is 7.14. The normalized spacial score (nSPS) is 24.4. The van der Waals surface area contributed by atoms with Gasteiger partial charge in [-0.1, -0.05) is 30.3 Å². The SMILES string of the molecule is CC(C)(C)C(=O)ON1CC(N)CC(c2ccccc2)C1. The van der Waals surface area contributed by atoms with Crippen molar-refractivity contribution in [1.82, 2.24) is 5.06 Å². The monoisotopic (exact) mass is 276 g/mol. The van der Waals surface area contributed by atoms with E-state index in [1.165, 1.54) is 5.56 Å². The molecule has 2 rings (SSSR count). The molecule has 0 saturated carbocycles. The summed E-state index contributed by atoms with van der Waals surface area (Å²) >= 11 is 0. The number of carbonyl (C=O) groups is 1. The van der Waals surface area contributed by atoms with Crippen molar-refractivity contribution in [1.29, 1.82) is 0 Å². The summed E-state index contributed by atoms with van der Waals surface area (Å²) in [7, 11) is 0. The van der Waals surface area contributed by atoms with Crippen molar-refractivity contribution >= 4 is 5.97 Å². The van der Waals surface area contributed by atoms with Gasteiger partial charge in [-0.25, -0.2) is 4.79 Å². The van der Waals surface area contributed by atoms with E-state index in [0.717, 1.165) is 6.42 Å². The highest BCUT2D eigenvalue weighted by Crippen LogP contribution is 2.27. The van der Waals surface area contributed by atoms with E-state index >= 15 is 0 Å². The molecule has 1 heterocycles. The van der Waals surface area contributed by atoms with Crippen LogP contribution in [0.2, 0.25) is 0 Å². The molecule has 0 spiro atoms. The van der Waals surface area contributed by atoms with Gasteiger partial charge in [0.2, 0.25) is 0 Å². The second-order valence-corrected chi connectivity index (χ2v) is 6.58. The van der Waals surface area contributed by atoms with Gasteiger partial charge in [0.25, 0.3) is 0 Å². The third-order valence-electron chi connectivity index (χ3n) is 3.54. The number of hydrogen-bond donors (Lipinski definition) is 1. The average Bonchev–Trinajstić information content (AvgIpc) is 2.38. The highest BCUT2D eigenvalue weighted by Gasteiger charge is 2.31. The van der Waals surface area contributed by atoms with Crippen LogP contribution in [0.4, 0.5) is 0 Å². The van der Waals surface area contributed by atoms with Crippen molar-refractivity contribution in [3.05, 3.63) is 35.9 Å². The first kappa shape index (κ1) is 15.0. The van der Waals surface area contributed by atoms with Crippen molar-refractivity contribution in [2.24, 2.45) is 11.1 Å². The Hall–Kier alpha value is -1.39. The molecule has 0 bridgehead atoms. The Balaban J connectivity index is 2.04. The molecule has 1 fully saturated rings. The quantitative estimate of drug-likeness (QED) is 0.900. The van der Waals surface area contributed by atoms with E-state index in [-0.39, 0.29) is 12.0 Å². The van der Waals surface area contributed by atoms with Gasteiger partial charge in [0.05, 0.1) is 12.0 Å². The van der Waals surface area contributed by atoms with Crippen molar-refractivity contribution in [2.45, 2.75) is 39.2 Å². The molecule has 2 atom stereocenters. The maximum absolute atomic E-state index is 12.0. The van der Waals surface area contributed by atoms with E-state index in [2.05, 4.69) is 12.1 Å². The molecule has 110 valence electrons. The summed E-state index contributed by atoms with van der Waals surface area (Å²) in [5.74, 6) is 0.103. The molecule has 0 amide bonds. The van der Waals surface area contributed by atoms with Gasteiger partial charge < -0.3 is 10.6 Å². The van der Waals surface area contributed by atoms with Crippen LogP contribution in [0.1, 0.15) is 38.7 Å². The molecule has 1 saturated heterocycles. The molecule has 0 radical (unpaired) electrons. The van der Waals surface area contributed by atoms with Crippen LogP contribution in [-0.2, 0) is 9.63 Å². The second kappa shape index (κ2) is 5.94. The summed E-state index contributed by atoms with van der Waals surface area (Å²) in [6, 6.07) is 10.3. The number of rotatable bonds is 2. The van der Waals surface area contributed by atoms with Crippen LogP contribution in [0.5, 0.6) is 0 Å². The summed E-state index contributed by atoms with van der Waals surface area (Å²) in [5, 5.41) is 1.72. The van der Waals surface area contributed by atoms with Crippen LogP contribution < -0.4 is 5.73 Å². The molecule has 20 heavy (non-hydrogen) atoms. The van der Waals surface area contributed by atoms with Crippen LogP contribution in [0, 0.1) is 5.41 Å². The van der Waals surface area contributed by atoms with Crippen LogP contribution in [0.25, 0.3) is 0 Å². The van der Waals surface area contributed by atoms with E-state index in [0.29, 0.717) is 19.0 Å². The first-order valence-corrected chi connectivity index (χ1v) is 7.14. The second-order valence-electron chi connectivity index (χ2n) is 6.58. The summed E-state index contributed by atoms with van der Waals surface area (Å²) in [6.07, 6.45) is 0.924. The zero-order valence-electron chi connectivity index (χ0n) is 12.5. The number of carbonyl (C=O) groups excluding carboxylic acids is 1. The predicted octanol–water partition coefficient (Wildman–Crippen LogP) is 2.31. The molecule has 0 aliphatic carbocycles. The van der Waals surface area contributed by atoms with E-state index in [9.17, 15) is 4.79 Å². The lowest BCUT2D eigenvalue weighted by molar-refractivity contribution is -0.206. The van der Waals surface area contributed by atoms with E-state index in [1.54, 1.807) is 5.06 Å². The fourth-order valence-corrected chi connectivity index (χ4v) is 2.39. The number of nitrogens with two attached hydrogens (primary N) is 1. The van der Waals surface area contributed by atoms with Gasteiger partial charge >= 0.3 is 5.97 Å². The van der Waals surface area contributed by atoms with Gasteiger partial charge in [-0.05, 0) is 32.8 Å². The topological polar surface area (TPSA) is 55.6 Å². The molecular formula is C16H24N2O2. The maximum Gasteiger partial charge on any atom is 0.330 e. The largest absolute Gasteiger partial charge is 0.367 e. The zero-order chi connectivity index (χ0) is 14.8. The lowest BCUT2D eigenvalue weighted by Gasteiger charge is -2.36. The van der Waals surface area contributed by atoms with Gasteiger partial charge in [-0.3, -0.25) is 0 Å². The highest BCUT2D eigenvalue weighted by molar-refractivity contribution is 5.75. The Kier molecular flexibility index (Phi) is 4.45. The third kappa shape index (κ3) is 3.81. The summed E-state index contributed by atoms with van der Waals surface area (Å²) in [4.78, 5) is 17.5. The summed E-state index contributed by atoms with van der Waals surface area (Å²) in [6.45, 7) is 6.88. The third-order valence-corrected chi connectivity index (χ3v) is 3.54. The predicted molar refractivity (Wildman–Crippen MR) is 78.9 cm³/mol. The minimum absolute atomic E-state index is 0.0294. The van der Waals surface area contributed by atoms with Crippen molar-refractivity contribution in [3.63, 3.8) is 0 Å². The van der Waals surface area contributed by atoms with E-state index < -0.39 is 5.41 Å². The number of piperidine rings is 1. The number of nitrogens with zero attached hydrogens (tertiary/aromatic N) is 1. The minimum atomic E-state index is -0.496. The lowest BCUT2D eigenvalue weighted by atomic mass is 9.89. The molecule has 1 aliphatic heterocycles. The molecule has 1 aromatic rings. The molecule has 0 aromatic heterocycles. The molecular weight excluding hydrogens is 252 g/mol. The van der Waals surface area contributed by atoms with Gasteiger partial charge in [-0.2, -0.15) is 0 Å². The Morgan fingerprint density at radius 1 is 1.25 bits per heavy atom. The first-order chi connectivity index (χ1) is 9.36. The van der Waals surface area contributed by atoms with Crippen LogP contribution >= 0.6 is 0 Å². The van der Waals surface area contributed by atoms with Crippen LogP contribution in [0.15, 0.2) is 30.3 Å². The minimum Gasteiger partial charge on any atom is -0.367 e. The Bertz CT molecular complexity index is 453. The highest BCUT2D eigenvalue weighted by atomic mass is 16.7. The van der Waals surface area contributed by atoms with Gasteiger partial charge in [0.1, 0.15) is 0 Å². The zero-order valence-corrected chi connectivity index (χ0v) is 12.5. The fourth-order valence-electron chi connectivity index (χ4n) is 2.39. The van der Waals surface area contributed by atoms with Gasteiger partial charge in [0.15, 0.2) is 0 Å². The molecule has 2 unspecified atom stereocenters. The Morgan fingerprint density at radius 3 is 2.50 bits per heavy atom.